The first-order valence-corrected chi connectivity index (χ1v) is 10.8. The van der Waals surface area contributed by atoms with Gasteiger partial charge in [0.2, 0.25) is 0 Å². The third kappa shape index (κ3) is 3.71. The molecule has 0 spiro atoms. The van der Waals surface area contributed by atoms with Gasteiger partial charge in [0.25, 0.3) is 5.91 Å². The minimum Gasteiger partial charge on any atom is -0.459 e. The van der Waals surface area contributed by atoms with E-state index in [0.29, 0.717) is 24.5 Å². The van der Waals surface area contributed by atoms with Crippen LogP contribution in [-0.2, 0) is 13.1 Å². The van der Waals surface area contributed by atoms with Gasteiger partial charge < -0.3 is 15.5 Å². The predicted octanol–water partition coefficient (Wildman–Crippen LogP) is 4.66. The lowest BCUT2D eigenvalue weighted by atomic mass is 9.96. The number of nitrogen functional groups attached to an aromatic ring is 1. The first-order chi connectivity index (χ1) is 15.9. The molecule has 0 saturated carbocycles. The second-order valence-corrected chi connectivity index (χ2v) is 8.34. The van der Waals surface area contributed by atoms with E-state index in [2.05, 4.69) is 15.4 Å². The number of hydrogen-bond acceptors (Lipinski definition) is 5. The fourth-order valence-corrected chi connectivity index (χ4v) is 4.36. The van der Waals surface area contributed by atoms with Gasteiger partial charge in [-0.25, -0.2) is 4.98 Å². The maximum absolute atomic E-state index is 12.8. The summed E-state index contributed by atoms with van der Waals surface area (Å²) in [6.45, 7) is 6.99. The summed E-state index contributed by atoms with van der Waals surface area (Å²) in [5, 5.41) is 10.5. The van der Waals surface area contributed by atoms with Gasteiger partial charge in [0.15, 0.2) is 0 Å². The van der Waals surface area contributed by atoms with Gasteiger partial charge in [-0.05, 0) is 61.0 Å². The molecule has 3 aromatic heterocycles. The van der Waals surface area contributed by atoms with E-state index >= 15 is 0 Å². The second-order valence-electron chi connectivity index (χ2n) is 8.34. The van der Waals surface area contributed by atoms with Gasteiger partial charge in [-0.1, -0.05) is 18.2 Å². The number of nitrogens with one attached hydrogen (secondary N) is 1. The second kappa shape index (κ2) is 8.09. The zero-order valence-corrected chi connectivity index (χ0v) is 18.8. The Balaban J connectivity index is 1.32. The van der Waals surface area contributed by atoms with Gasteiger partial charge in [0.1, 0.15) is 17.2 Å². The average Bonchev–Trinajstić information content (AvgIpc) is 3.39. The summed E-state index contributed by atoms with van der Waals surface area (Å²) in [5.74, 6) is 1.18. The highest BCUT2D eigenvalue weighted by Gasteiger charge is 2.15. The molecule has 2 aromatic carbocycles. The number of furan rings is 1. The normalized spacial score (nSPS) is 11.4. The molecule has 5 aromatic rings. The monoisotopic (exact) mass is 439 g/mol. The lowest BCUT2D eigenvalue weighted by molar-refractivity contribution is 0.0950. The van der Waals surface area contributed by atoms with Crippen molar-refractivity contribution in [3.05, 3.63) is 88.6 Å². The van der Waals surface area contributed by atoms with Gasteiger partial charge in [0, 0.05) is 35.3 Å². The largest absolute Gasteiger partial charge is 0.459 e. The van der Waals surface area contributed by atoms with Gasteiger partial charge in [0.05, 0.1) is 18.3 Å². The number of aromatic nitrogens is 3. The van der Waals surface area contributed by atoms with Crippen LogP contribution in [0.3, 0.4) is 0 Å². The summed E-state index contributed by atoms with van der Waals surface area (Å²) in [6, 6.07) is 11.9. The van der Waals surface area contributed by atoms with Crippen LogP contribution >= 0.6 is 0 Å². The number of carbonyl (C=O) groups excluding carboxylic acids is 1. The van der Waals surface area contributed by atoms with Crippen LogP contribution in [-0.4, -0.2) is 20.7 Å². The number of para-hydroxylation sites is 1. The van der Waals surface area contributed by atoms with E-state index in [4.69, 9.17) is 10.2 Å². The van der Waals surface area contributed by atoms with Crippen molar-refractivity contribution in [2.45, 2.75) is 33.9 Å². The smallest absolute Gasteiger partial charge is 0.254 e. The van der Waals surface area contributed by atoms with Crippen LogP contribution in [0, 0.1) is 20.8 Å². The summed E-state index contributed by atoms with van der Waals surface area (Å²) in [5.41, 5.74) is 11.7. The van der Waals surface area contributed by atoms with E-state index in [1.807, 2.05) is 57.2 Å². The summed E-state index contributed by atoms with van der Waals surface area (Å²) >= 11 is 0. The molecule has 0 fully saturated rings. The van der Waals surface area contributed by atoms with Crippen molar-refractivity contribution in [2.75, 3.05) is 5.73 Å². The Bertz CT molecular complexity index is 1510. The average molecular weight is 440 g/mol. The fourth-order valence-electron chi connectivity index (χ4n) is 4.36. The van der Waals surface area contributed by atoms with E-state index in [-0.39, 0.29) is 5.91 Å². The standard InChI is InChI=1S/C26H25N5O2/c1-15-10-21-19(8-9-28-25(21)27)16(2)22(15)12-29-26(32)18-11-30-31(13-18)14-24-17(3)20-6-4-5-7-23(20)33-24/h4-11,13H,12,14H2,1-3H3,(H2,27,28)(H,29,32). The SMILES string of the molecule is Cc1cc2c(N)nccc2c(C)c1CNC(=O)c1cnn(Cc2oc3ccccc3c2C)c1. The Morgan fingerprint density at radius 2 is 1.91 bits per heavy atom. The summed E-state index contributed by atoms with van der Waals surface area (Å²) in [4.78, 5) is 17.0. The third-order valence-electron chi connectivity index (χ3n) is 6.28. The Labute approximate surface area is 191 Å². The number of nitrogens with zero attached hydrogens (tertiary/aromatic N) is 3. The molecule has 7 nitrogen and oxygen atoms in total. The van der Waals surface area contributed by atoms with Crippen molar-refractivity contribution in [1.29, 1.82) is 0 Å². The minimum atomic E-state index is -0.171. The molecule has 3 N–H and O–H groups in total. The van der Waals surface area contributed by atoms with Gasteiger partial charge in [-0.3, -0.25) is 9.48 Å². The van der Waals surface area contributed by atoms with Crippen molar-refractivity contribution in [2.24, 2.45) is 0 Å². The number of benzene rings is 2. The molecule has 1 amide bonds. The van der Waals surface area contributed by atoms with E-state index in [0.717, 1.165) is 49.8 Å². The van der Waals surface area contributed by atoms with Crippen LogP contribution in [0.1, 0.15) is 38.4 Å². The number of carbonyl (C=O) groups is 1. The molecule has 0 aliphatic carbocycles. The highest BCUT2D eigenvalue weighted by molar-refractivity contribution is 5.95. The highest BCUT2D eigenvalue weighted by Crippen LogP contribution is 2.28. The third-order valence-corrected chi connectivity index (χ3v) is 6.28. The predicted molar refractivity (Wildman–Crippen MR) is 129 cm³/mol. The van der Waals surface area contributed by atoms with Crippen LogP contribution in [0.15, 0.2) is 59.4 Å². The fraction of sp³-hybridized carbons (Fsp3) is 0.192. The van der Waals surface area contributed by atoms with Crippen molar-refractivity contribution >= 4 is 33.5 Å². The molecule has 7 heteroatoms. The number of pyridine rings is 1. The van der Waals surface area contributed by atoms with Gasteiger partial charge in [-0.2, -0.15) is 5.10 Å². The molecule has 166 valence electrons. The Morgan fingerprint density at radius 1 is 1.09 bits per heavy atom. The Hall–Kier alpha value is -4.13. The Kier molecular flexibility index (Phi) is 5.09. The van der Waals surface area contributed by atoms with E-state index in [9.17, 15) is 4.79 Å². The molecule has 5 rings (SSSR count). The minimum absolute atomic E-state index is 0.171. The number of hydrogen-bond donors (Lipinski definition) is 2. The van der Waals surface area contributed by atoms with Crippen LogP contribution in [0.4, 0.5) is 5.82 Å². The maximum atomic E-state index is 12.8. The summed E-state index contributed by atoms with van der Waals surface area (Å²) in [6.07, 6.45) is 5.04. The molecule has 0 bridgehead atoms. The number of rotatable bonds is 5. The topological polar surface area (TPSA) is 99.0 Å². The van der Waals surface area contributed by atoms with E-state index < -0.39 is 0 Å². The van der Waals surface area contributed by atoms with E-state index in [1.165, 1.54) is 0 Å². The first-order valence-electron chi connectivity index (χ1n) is 10.8. The molecule has 0 aliphatic heterocycles. The molecular formula is C26H25N5O2. The van der Waals surface area contributed by atoms with Crippen LogP contribution in [0.2, 0.25) is 0 Å². The first kappa shape index (κ1) is 20.8. The molecule has 0 atom stereocenters. The number of fused-ring (bicyclic) bond motifs is 2. The van der Waals surface area contributed by atoms with Gasteiger partial charge in [-0.15, -0.1) is 0 Å². The number of aryl methyl sites for hydroxylation is 3. The van der Waals surface area contributed by atoms with Crippen molar-refractivity contribution in [1.82, 2.24) is 20.1 Å². The molecular weight excluding hydrogens is 414 g/mol. The van der Waals surface area contributed by atoms with Crippen LogP contribution in [0.25, 0.3) is 21.7 Å². The Morgan fingerprint density at radius 3 is 2.73 bits per heavy atom. The molecule has 0 radical (unpaired) electrons. The van der Waals surface area contributed by atoms with Crippen molar-refractivity contribution in [3.63, 3.8) is 0 Å². The molecule has 33 heavy (non-hydrogen) atoms. The lowest BCUT2D eigenvalue weighted by Gasteiger charge is -2.14. The van der Waals surface area contributed by atoms with Crippen molar-refractivity contribution < 1.29 is 9.21 Å². The highest BCUT2D eigenvalue weighted by atomic mass is 16.3. The zero-order chi connectivity index (χ0) is 23.1. The molecule has 0 saturated heterocycles. The maximum Gasteiger partial charge on any atom is 0.254 e. The molecule has 0 aliphatic rings. The quantitative estimate of drug-likeness (QED) is 0.415. The van der Waals surface area contributed by atoms with Crippen LogP contribution in [0.5, 0.6) is 0 Å². The molecule has 3 heterocycles. The van der Waals surface area contributed by atoms with E-state index in [1.54, 1.807) is 23.3 Å². The number of amides is 1. The van der Waals surface area contributed by atoms with Crippen molar-refractivity contribution in [3.8, 4) is 0 Å². The number of anilines is 1. The summed E-state index contributed by atoms with van der Waals surface area (Å²) in [7, 11) is 0. The van der Waals surface area contributed by atoms with Crippen LogP contribution < -0.4 is 11.1 Å². The van der Waals surface area contributed by atoms with Gasteiger partial charge >= 0.3 is 0 Å². The number of nitrogens with two attached hydrogens (primary N) is 1. The molecule has 0 unspecified atom stereocenters. The summed E-state index contributed by atoms with van der Waals surface area (Å²) < 4.78 is 7.70. The lowest BCUT2D eigenvalue weighted by Crippen LogP contribution is -2.23. The zero-order valence-electron chi connectivity index (χ0n) is 18.8.